The van der Waals surface area contributed by atoms with Crippen LogP contribution in [0.25, 0.3) is 10.8 Å². The molecule has 3 aromatic rings. The Labute approximate surface area is 145 Å². The van der Waals surface area contributed by atoms with Gasteiger partial charge in [0.15, 0.2) is 0 Å². The maximum absolute atomic E-state index is 5.89. The zero-order valence-corrected chi connectivity index (χ0v) is 14.7. The minimum atomic E-state index is 0.152. The van der Waals surface area contributed by atoms with Gasteiger partial charge in [-0.25, -0.2) is 0 Å². The molecule has 4 rings (SSSR count). The molecule has 1 aliphatic heterocycles. The molecule has 1 atom stereocenters. The number of aromatic nitrogens is 4. The maximum atomic E-state index is 5.89. The Morgan fingerprint density at radius 3 is 2.75 bits per heavy atom. The van der Waals surface area contributed by atoms with Crippen LogP contribution in [0.4, 0.5) is 0 Å². The van der Waals surface area contributed by atoms with E-state index in [0.29, 0.717) is 17.7 Å². The summed E-state index contributed by atoms with van der Waals surface area (Å²) in [5.41, 5.74) is 1.33. The monoisotopic (exact) mass is 343 g/mol. The molecule has 4 heterocycles. The third-order valence-electron chi connectivity index (χ3n) is 4.88. The lowest BCUT2D eigenvalue weighted by atomic mass is 9.92. The van der Waals surface area contributed by atoms with Crippen LogP contribution in [0.5, 0.6) is 0 Å². The molecule has 0 bridgehead atoms. The van der Waals surface area contributed by atoms with E-state index in [9.17, 15) is 0 Å². The predicted molar refractivity (Wildman–Crippen MR) is 92.8 cm³/mol. The van der Waals surface area contributed by atoms with Gasteiger partial charge in [-0.3, -0.25) is 9.58 Å². The molecule has 1 saturated heterocycles. The van der Waals surface area contributed by atoms with E-state index in [4.69, 9.17) is 4.42 Å². The van der Waals surface area contributed by atoms with E-state index in [1.807, 2.05) is 35.4 Å². The van der Waals surface area contributed by atoms with Crippen LogP contribution in [0.15, 0.2) is 34.2 Å². The Morgan fingerprint density at radius 2 is 2.08 bits per heavy atom. The average Bonchev–Trinajstić information content (AvgIpc) is 3.35. The van der Waals surface area contributed by atoms with Gasteiger partial charge in [0, 0.05) is 24.9 Å². The summed E-state index contributed by atoms with van der Waals surface area (Å²) >= 11 is 1.62. The Bertz CT molecular complexity index is 786. The molecule has 7 heteroatoms. The zero-order chi connectivity index (χ0) is 16.5. The second-order valence-electron chi connectivity index (χ2n) is 6.29. The molecule has 0 aromatic carbocycles. The first-order chi connectivity index (χ1) is 11.7. The van der Waals surface area contributed by atoms with Crippen molar-refractivity contribution in [3.63, 3.8) is 0 Å². The highest BCUT2D eigenvalue weighted by Crippen LogP contribution is 2.32. The standard InChI is InChI=1S/C17H21N5OS/c1-12(16-19-20-17(23-16)15-4-3-11-24-15)22-9-6-13(7-10-22)14-5-8-18-21(14)2/h3-5,8,11-13H,6-7,9-10H2,1-2H3/t12-/m1/s1. The second kappa shape index (κ2) is 6.49. The van der Waals surface area contributed by atoms with Crippen molar-refractivity contribution in [1.29, 1.82) is 0 Å². The Morgan fingerprint density at radius 1 is 1.25 bits per heavy atom. The van der Waals surface area contributed by atoms with Gasteiger partial charge in [0.05, 0.1) is 10.9 Å². The van der Waals surface area contributed by atoms with Crippen molar-refractivity contribution in [3.05, 3.63) is 41.4 Å². The largest absolute Gasteiger partial charge is 0.418 e. The number of thiophene rings is 1. The van der Waals surface area contributed by atoms with Crippen LogP contribution < -0.4 is 0 Å². The molecule has 0 unspecified atom stereocenters. The number of piperidine rings is 1. The van der Waals surface area contributed by atoms with Gasteiger partial charge < -0.3 is 4.42 Å². The van der Waals surface area contributed by atoms with E-state index >= 15 is 0 Å². The molecule has 0 saturated carbocycles. The molecule has 6 nitrogen and oxygen atoms in total. The Kier molecular flexibility index (Phi) is 4.20. The molecule has 0 amide bonds. The summed E-state index contributed by atoms with van der Waals surface area (Å²) < 4.78 is 7.89. The number of hydrogen-bond donors (Lipinski definition) is 0. The fourth-order valence-corrected chi connectivity index (χ4v) is 4.07. The topological polar surface area (TPSA) is 60.0 Å². The lowest BCUT2D eigenvalue weighted by Crippen LogP contribution is -2.35. The van der Waals surface area contributed by atoms with Crippen LogP contribution in [0.2, 0.25) is 0 Å². The van der Waals surface area contributed by atoms with E-state index < -0.39 is 0 Å². The molecular formula is C17H21N5OS. The lowest BCUT2D eigenvalue weighted by molar-refractivity contribution is 0.141. The van der Waals surface area contributed by atoms with Crippen molar-refractivity contribution in [2.24, 2.45) is 7.05 Å². The Balaban J connectivity index is 1.41. The summed E-state index contributed by atoms with van der Waals surface area (Å²) in [6.45, 7) is 4.22. The van der Waals surface area contributed by atoms with Crippen molar-refractivity contribution in [3.8, 4) is 10.8 Å². The maximum Gasteiger partial charge on any atom is 0.257 e. The molecule has 24 heavy (non-hydrogen) atoms. The highest BCUT2D eigenvalue weighted by atomic mass is 32.1. The van der Waals surface area contributed by atoms with Crippen LogP contribution in [0.3, 0.4) is 0 Å². The lowest BCUT2D eigenvalue weighted by Gasteiger charge is -2.34. The fraction of sp³-hybridized carbons (Fsp3) is 0.471. The van der Waals surface area contributed by atoms with Gasteiger partial charge in [-0.2, -0.15) is 5.10 Å². The molecule has 0 N–H and O–H groups in total. The fourth-order valence-electron chi connectivity index (χ4n) is 3.43. The third kappa shape index (κ3) is 2.89. The smallest absolute Gasteiger partial charge is 0.257 e. The number of hydrogen-bond acceptors (Lipinski definition) is 6. The first kappa shape index (κ1) is 15.5. The minimum Gasteiger partial charge on any atom is -0.418 e. The predicted octanol–water partition coefficient (Wildman–Crippen LogP) is 3.47. The molecule has 0 spiro atoms. The highest BCUT2D eigenvalue weighted by Gasteiger charge is 2.28. The number of rotatable bonds is 4. The Hall–Kier alpha value is -1.99. The quantitative estimate of drug-likeness (QED) is 0.726. The molecule has 0 radical (unpaired) electrons. The average molecular weight is 343 g/mol. The number of aryl methyl sites for hydroxylation is 1. The molecule has 0 aliphatic carbocycles. The number of likely N-dealkylation sites (tertiary alicyclic amines) is 1. The summed E-state index contributed by atoms with van der Waals surface area (Å²) in [7, 11) is 2.02. The van der Waals surface area contributed by atoms with E-state index in [2.05, 4.69) is 33.2 Å². The SMILES string of the molecule is C[C@H](c1nnc(-c2cccs2)o1)N1CCC(c2ccnn2C)CC1. The van der Waals surface area contributed by atoms with E-state index in [0.717, 1.165) is 30.8 Å². The van der Waals surface area contributed by atoms with Crippen LogP contribution in [-0.2, 0) is 7.05 Å². The van der Waals surface area contributed by atoms with Crippen molar-refractivity contribution < 1.29 is 4.42 Å². The summed E-state index contributed by atoms with van der Waals surface area (Å²) in [4.78, 5) is 3.45. The van der Waals surface area contributed by atoms with Crippen LogP contribution >= 0.6 is 11.3 Å². The first-order valence-corrected chi connectivity index (χ1v) is 9.19. The summed E-state index contributed by atoms with van der Waals surface area (Å²) in [5.74, 6) is 1.92. The van der Waals surface area contributed by atoms with Gasteiger partial charge in [0.1, 0.15) is 0 Å². The van der Waals surface area contributed by atoms with Crippen molar-refractivity contribution in [2.45, 2.75) is 31.7 Å². The normalized spacial score (nSPS) is 18.1. The van der Waals surface area contributed by atoms with E-state index in [1.165, 1.54) is 5.69 Å². The van der Waals surface area contributed by atoms with E-state index in [-0.39, 0.29) is 6.04 Å². The van der Waals surface area contributed by atoms with Gasteiger partial charge in [0.25, 0.3) is 5.89 Å². The second-order valence-corrected chi connectivity index (χ2v) is 7.24. The van der Waals surface area contributed by atoms with Gasteiger partial charge >= 0.3 is 0 Å². The number of nitrogens with zero attached hydrogens (tertiary/aromatic N) is 5. The van der Waals surface area contributed by atoms with Gasteiger partial charge in [-0.05, 0) is 50.4 Å². The first-order valence-electron chi connectivity index (χ1n) is 8.31. The summed E-state index contributed by atoms with van der Waals surface area (Å²) in [6.07, 6.45) is 4.15. The van der Waals surface area contributed by atoms with Crippen LogP contribution in [0.1, 0.15) is 43.3 Å². The summed E-state index contributed by atoms with van der Waals surface area (Å²) in [6, 6.07) is 6.29. The van der Waals surface area contributed by atoms with Gasteiger partial charge in [-0.1, -0.05) is 6.07 Å². The van der Waals surface area contributed by atoms with Crippen LogP contribution in [0, 0.1) is 0 Å². The third-order valence-corrected chi connectivity index (χ3v) is 5.74. The molecular weight excluding hydrogens is 322 g/mol. The van der Waals surface area contributed by atoms with Gasteiger partial charge in [0.2, 0.25) is 5.89 Å². The summed E-state index contributed by atoms with van der Waals surface area (Å²) in [5, 5.41) is 14.8. The van der Waals surface area contributed by atoms with Crippen LogP contribution in [-0.4, -0.2) is 38.0 Å². The molecule has 126 valence electrons. The van der Waals surface area contributed by atoms with Gasteiger partial charge in [-0.15, -0.1) is 21.5 Å². The van der Waals surface area contributed by atoms with Crippen molar-refractivity contribution >= 4 is 11.3 Å². The zero-order valence-electron chi connectivity index (χ0n) is 13.9. The minimum absolute atomic E-state index is 0.152. The van der Waals surface area contributed by atoms with Crippen molar-refractivity contribution in [2.75, 3.05) is 13.1 Å². The van der Waals surface area contributed by atoms with E-state index in [1.54, 1.807) is 11.3 Å². The molecule has 3 aromatic heterocycles. The van der Waals surface area contributed by atoms with Crippen molar-refractivity contribution in [1.82, 2.24) is 24.9 Å². The molecule has 1 aliphatic rings. The highest BCUT2D eigenvalue weighted by molar-refractivity contribution is 7.13. The molecule has 1 fully saturated rings.